The molecule has 1 aromatic heterocycles. The molecule has 3 N–H and O–H groups in total. The molecule has 0 atom stereocenters. The van der Waals surface area contributed by atoms with Gasteiger partial charge in [0.15, 0.2) is 0 Å². The second-order valence-electron chi connectivity index (χ2n) is 5.77. The van der Waals surface area contributed by atoms with Crippen molar-refractivity contribution in [3.63, 3.8) is 0 Å². The molecule has 24 heavy (non-hydrogen) atoms. The predicted octanol–water partition coefficient (Wildman–Crippen LogP) is 3.28. The molecule has 0 saturated carbocycles. The van der Waals surface area contributed by atoms with E-state index in [0.717, 1.165) is 27.7 Å². The number of aliphatic carboxylic acids is 1. The Kier molecular flexibility index (Phi) is 4.33. The van der Waals surface area contributed by atoms with Crippen LogP contribution in [0, 0.1) is 6.92 Å². The SMILES string of the molecule is Cc1[nH]c2ccc(NC(=O)Cc3ccccc3)cc2c1CC(=O)O. The van der Waals surface area contributed by atoms with E-state index in [1.807, 2.05) is 55.5 Å². The van der Waals surface area contributed by atoms with Gasteiger partial charge in [0.1, 0.15) is 0 Å². The summed E-state index contributed by atoms with van der Waals surface area (Å²) in [5.41, 5.74) is 4.05. The number of hydrogen-bond donors (Lipinski definition) is 3. The lowest BCUT2D eigenvalue weighted by Gasteiger charge is -2.06. The number of carboxylic acids is 1. The van der Waals surface area contributed by atoms with E-state index in [4.69, 9.17) is 5.11 Å². The zero-order valence-corrected chi connectivity index (χ0v) is 13.3. The molecule has 0 spiro atoms. The number of benzene rings is 2. The van der Waals surface area contributed by atoms with Crippen LogP contribution in [0.1, 0.15) is 16.8 Å². The van der Waals surface area contributed by atoms with E-state index in [0.29, 0.717) is 12.1 Å². The minimum atomic E-state index is -0.877. The number of anilines is 1. The maximum absolute atomic E-state index is 12.2. The summed E-state index contributed by atoms with van der Waals surface area (Å²) in [5.74, 6) is -0.981. The summed E-state index contributed by atoms with van der Waals surface area (Å²) >= 11 is 0. The van der Waals surface area contributed by atoms with Crippen molar-refractivity contribution in [1.82, 2.24) is 4.98 Å². The Balaban J connectivity index is 1.82. The number of hydrogen-bond acceptors (Lipinski definition) is 2. The molecule has 3 aromatic rings. The Labute approximate surface area is 139 Å². The fourth-order valence-corrected chi connectivity index (χ4v) is 2.83. The first kappa shape index (κ1) is 15.8. The number of nitrogens with one attached hydrogen (secondary N) is 2. The standard InChI is InChI=1S/C19H18N2O3/c1-12-15(11-19(23)24)16-10-14(7-8-17(16)20-12)21-18(22)9-13-5-3-2-4-6-13/h2-8,10,20H,9,11H2,1H3,(H,21,22)(H,23,24). The van der Waals surface area contributed by atoms with Gasteiger partial charge >= 0.3 is 5.97 Å². The predicted molar refractivity (Wildman–Crippen MR) is 93.2 cm³/mol. The Morgan fingerprint density at radius 2 is 1.83 bits per heavy atom. The Bertz CT molecular complexity index is 898. The van der Waals surface area contributed by atoms with Gasteiger partial charge in [0.25, 0.3) is 0 Å². The van der Waals surface area contributed by atoms with E-state index >= 15 is 0 Å². The lowest BCUT2D eigenvalue weighted by molar-refractivity contribution is -0.136. The molecule has 1 amide bonds. The minimum Gasteiger partial charge on any atom is -0.481 e. The van der Waals surface area contributed by atoms with Crippen molar-refractivity contribution in [1.29, 1.82) is 0 Å². The van der Waals surface area contributed by atoms with Gasteiger partial charge in [0.2, 0.25) is 5.91 Å². The van der Waals surface area contributed by atoms with Crippen LogP contribution >= 0.6 is 0 Å². The largest absolute Gasteiger partial charge is 0.481 e. The summed E-state index contributed by atoms with van der Waals surface area (Å²) in [7, 11) is 0. The highest BCUT2D eigenvalue weighted by Crippen LogP contribution is 2.26. The Morgan fingerprint density at radius 1 is 1.08 bits per heavy atom. The van der Waals surface area contributed by atoms with Gasteiger partial charge in [-0.15, -0.1) is 0 Å². The van der Waals surface area contributed by atoms with Crippen molar-refractivity contribution in [2.45, 2.75) is 19.8 Å². The van der Waals surface area contributed by atoms with Crippen LogP contribution in [0.2, 0.25) is 0 Å². The zero-order chi connectivity index (χ0) is 17.1. The number of fused-ring (bicyclic) bond motifs is 1. The third-order valence-electron chi connectivity index (χ3n) is 3.94. The third kappa shape index (κ3) is 3.46. The minimum absolute atomic E-state index is 0.0484. The summed E-state index contributed by atoms with van der Waals surface area (Å²) in [6.07, 6.45) is 0.250. The van der Waals surface area contributed by atoms with Crippen LogP contribution < -0.4 is 5.32 Å². The lowest BCUT2D eigenvalue weighted by atomic mass is 10.1. The Morgan fingerprint density at radius 3 is 2.54 bits per heavy atom. The molecular formula is C19H18N2O3. The first-order chi connectivity index (χ1) is 11.5. The second kappa shape index (κ2) is 6.58. The van der Waals surface area contributed by atoms with Gasteiger partial charge in [-0.3, -0.25) is 9.59 Å². The molecule has 0 aliphatic carbocycles. The number of amides is 1. The summed E-state index contributed by atoms with van der Waals surface area (Å²) in [6, 6.07) is 15.0. The molecule has 5 nitrogen and oxygen atoms in total. The molecule has 0 unspecified atom stereocenters. The first-order valence-electron chi connectivity index (χ1n) is 7.69. The number of aromatic amines is 1. The van der Waals surface area contributed by atoms with Crippen LogP contribution in [0.25, 0.3) is 10.9 Å². The van der Waals surface area contributed by atoms with Gasteiger partial charge in [0.05, 0.1) is 12.8 Å². The van der Waals surface area contributed by atoms with Crippen LogP contribution in [0.15, 0.2) is 48.5 Å². The van der Waals surface area contributed by atoms with Crippen LogP contribution in [-0.2, 0) is 22.4 Å². The van der Waals surface area contributed by atoms with Crippen molar-refractivity contribution in [2.75, 3.05) is 5.32 Å². The number of H-pyrrole nitrogens is 1. The number of carbonyl (C=O) groups excluding carboxylic acids is 1. The van der Waals surface area contributed by atoms with E-state index < -0.39 is 5.97 Å². The van der Waals surface area contributed by atoms with Gasteiger partial charge in [-0.1, -0.05) is 30.3 Å². The highest BCUT2D eigenvalue weighted by atomic mass is 16.4. The van der Waals surface area contributed by atoms with Crippen LogP contribution in [0.5, 0.6) is 0 Å². The third-order valence-corrected chi connectivity index (χ3v) is 3.94. The van der Waals surface area contributed by atoms with E-state index in [1.54, 1.807) is 0 Å². The molecular weight excluding hydrogens is 304 g/mol. The van der Waals surface area contributed by atoms with Crippen molar-refractivity contribution in [3.8, 4) is 0 Å². The second-order valence-corrected chi connectivity index (χ2v) is 5.77. The van der Waals surface area contributed by atoms with Gasteiger partial charge in [-0.2, -0.15) is 0 Å². The summed E-state index contributed by atoms with van der Waals surface area (Å²) in [5, 5.41) is 12.8. The fourth-order valence-electron chi connectivity index (χ4n) is 2.83. The quantitative estimate of drug-likeness (QED) is 0.674. The average Bonchev–Trinajstić information content (AvgIpc) is 2.83. The van der Waals surface area contributed by atoms with Gasteiger partial charge < -0.3 is 15.4 Å². The van der Waals surface area contributed by atoms with E-state index in [-0.39, 0.29) is 12.3 Å². The van der Waals surface area contributed by atoms with Gasteiger partial charge in [0, 0.05) is 22.3 Å². The molecule has 3 rings (SSSR count). The van der Waals surface area contributed by atoms with Crippen molar-refractivity contribution < 1.29 is 14.7 Å². The number of aryl methyl sites for hydroxylation is 1. The summed E-state index contributed by atoms with van der Waals surface area (Å²) in [4.78, 5) is 26.4. The molecule has 0 fully saturated rings. The molecule has 1 heterocycles. The molecule has 122 valence electrons. The van der Waals surface area contributed by atoms with Crippen molar-refractivity contribution in [2.24, 2.45) is 0 Å². The van der Waals surface area contributed by atoms with E-state index in [2.05, 4.69) is 10.3 Å². The summed E-state index contributed by atoms with van der Waals surface area (Å²) in [6.45, 7) is 1.85. The van der Waals surface area contributed by atoms with Crippen LogP contribution in [0.4, 0.5) is 5.69 Å². The highest BCUT2D eigenvalue weighted by Gasteiger charge is 2.13. The molecule has 0 radical (unpaired) electrons. The normalized spacial score (nSPS) is 10.7. The number of carboxylic acid groups (broad SMARTS) is 1. The zero-order valence-electron chi connectivity index (χ0n) is 13.3. The first-order valence-corrected chi connectivity index (χ1v) is 7.69. The van der Waals surface area contributed by atoms with Crippen LogP contribution in [0.3, 0.4) is 0 Å². The van der Waals surface area contributed by atoms with Gasteiger partial charge in [-0.25, -0.2) is 0 Å². The molecule has 0 aliphatic rings. The molecule has 0 saturated heterocycles. The monoisotopic (exact) mass is 322 g/mol. The maximum Gasteiger partial charge on any atom is 0.307 e. The highest BCUT2D eigenvalue weighted by molar-refractivity contribution is 5.96. The molecule has 2 aromatic carbocycles. The topological polar surface area (TPSA) is 82.2 Å². The Hall–Kier alpha value is -3.08. The fraction of sp³-hybridized carbons (Fsp3) is 0.158. The maximum atomic E-state index is 12.2. The van der Waals surface area contributed by atoms with Crippen molar-refractivity contribution >= 4 is 28.5 Å². The molecule has 0 bridgehead atoms. The van der Waals surface area contributed by atoms with Crippen LogP contribution in [-0.4, -0.2) is 22.0 Å². The van der Waals surface area contributed by atoms with E-state index in [9.17, 15) is 9.59 Å². The lowest BCUT2D eigenvalue weighted by Crippen LogP contribution is -2.14. The van der Waals surface area contributed by atoms with Gasteiger partial charge in [-0.05, 0) is 36.2 Å². The van der Waals surface area contributed by atoms with Crippen molar-refractivity contribution in [3.05, 3.63) is 65.4 Å². The number of rotatable bonds is 5. The average molecular weight is 322 g/mol. The number of aromatic nitrogens is 1. The van der Waals surface area contributed by atoms with E-state index in [1.165, 1.54) is 0 Å². The molecule has 0 aliphatic heterocycles. The number of carbonyl (C=O) groups is 2. The molecule has 5 heteroatoms. The summed E-state index contributed by atoms with van der Waals surface area (Å²) < 4.78 is 0. The smallest absolute Gasteiger partial charge is 0.307 e.